The number of hydrogen-bond donors (Lipinski definition) is 0. The van der Waals surface area contributed by atoms with Crippen LogP contribution in [0, 0.1) is 0 Å². The molecule has 0 aliphatic carbocycles. The first-order chi connectivity index (χ1) is 19.4. The van der Waals surface area contributed by atoms with Crippen molar-refractivity contribution in [2.45, 2.75) is 39.7 Å². The smallest absolute Gasteiger partial charge is 0.338 e. The number of thiazole rings is 1. The molecule has 3 aromatic rings. The van der Waals surface area contributed by atoms with Crippen LogP contribution in [-0.2, 0) is 14.3 Å². The Bertz CT molecular complexity index is 1610. The van der Waals surface area contributed by atoms with Crippen molar-refractivity contribution in [3.05, 3.63) is 77.1 Å². The molecule has 11 heteroatoms. The maximum atomic E-state index is 13.8. The Morgan fingerprint density at radius 1 is 1.10 bits per heavy atom. The third kappa shape index (κ3) is 5.62. The average Bonchev–Trinajstić information content (AvgIpc) is 3.71. The molecular weight excluding hydrogens is 550 g/mol. The highest BCUT2D eigenvalue weighted by molar-refractivity contribution is 7.10. The van der Waals surface area contributed by atoms with E-state index >= 15 is 0 Å². The third-order valence-corrected chi connectivity index (χ3v) is 8.61. The van der Waals surface area contributed by atoms with Crippen LogP contribution in [0.1, 0.15) is 50.1 Å². The number of amides is 1. The standard InChI is InChI=1S/C29H31N3O6S2/c1-4-36-21-15-19(10-11-20(21)38-17-24(33)31-12-6-7-13-31)16-23-27(34)32-26(22-9-8-14-39-22)25(28(35)37-5-2)18(3)30-29(32)40-23/h8-11,14-16,26H,4-7,12-13,17H2,1-3H3/b23-16+/t26-/m0/s1. The molecule has 2 aliphatic rings. The fraction of sp³-hybridized carbons (Fsp3) is 0.379. The van der Waals surface area contributed by atoms with Crippen LogP contribution in [0.15, 0.2) is 56.8 Å². The molecule has 9 nitrogen and oxygen atoms in total. The van der Waals surface area contributed by atoms with Gasteiger partial charge < -0.3 is 19.1 Å². The molecule has 1 saturated heterocycles. The summed E-state index contributed by atoms with van der Waals surface area (Å²) in [7, 11) is 0. The molecule has 0 radical (unpaired) electrons. The van der Waals surface area contributed by atoms with Crippen molar-refractivity contribution in [3.8, 4) is 11.5 Å². The number of esters is 1. The van der Waals surface area contributed by atoms with E-state index in [1.165, 1.54) is 22.7 Å². The van der Waals surface area contributed by atoms with Gasteiger partial charge in [-0.05, 0) is 68.8 Å². The summed E-state index contributed by atoms with van der Waals surface area (Å²) in [5.74, 6) is 0.454. The Kier molecular flexibility index (Phi) is 8.51. The fourth-order valence-corrected chi connectivity index (χ4v) is 6.73. The molecule has 1 amide bonds. The van der Waals surface area contributed by atoms with Crippen molar-refractivity contribution in [3.63, 3.8) is 0 Å². The number of rotatable bonds is 9. The Morgan fingerprint density at radius 2 is 1.90 bits per heavy atom. The van der Waals surface area contributed by atoms with Gasteiger partial charge in [-0.15, -0.1) is 11.3 Å². The van der Waals surface area contributed by atoms with E-state index in [-0.39, 0.29) is 24.7 Å². The molecule has 1 aromatic carbocycles. The molecule has 2 aromatic heterocycles. The van der Waals surface area contributed by atoms with Gasteiger partial charge in [-0.2, -0.15) is 0 Å². The van der Waals surface area contributed by atoms with E-state index in [4.69, 9.17) is 14.2 Å². The first-order valence-electron chi connectivity index (χ1n) is 13.3. The predicted octanol–water partition coefficient (Wildman–Crippen LogP) is 3.26. The summed E-state index contributed by atoms with van der Waals surface area (Å²) in [5, 5.41) is 1.92. The van der Waals surface area contributed by atoms with Gasteiger partial charge in [0.05, 0.1) is 29.0 Å². The van der Waals surface area contributed by atoms with E-state index in [1.54, 1.807) is 36.6 Å². The summed E-state index contributed by atoms with van der Waals surface area (Å²) in [4.78, 5) is 46.9. The molecule has 0 spiro atoms. The van der Waals surface area contributed by atoms with Crippen LogP contribution in [-0.4, -0.2) is 54.3 Å². The summed E-state index contributed by atoms with van der Waals surface area (Å²) >= 11 is 2.74. The highest BCUT2D eigenvalue weighted by Gasteiger charge is 2.33. The molecule has 0 unspecified atom stereocenters. The zero-order chi connectivity index (χ0) is 28.2. The number of allylic oxidation sites excluding steroid dienone is 1. The summed E-state index contributed by atoms with van der Waals surface area (Å²) in [6, 6.07) is 8.56. The molecule has 40 heavy (non-hydrogen) atoms. The zero-order valence-corrected chi connectivity index (χ0v) is 24.3. The molecule has 1 atom stereocenters. The number of thiophene rings is 1. The van der Waals surface area contributed by atoms with Crippen molar-refractivity contribution in [2.24, 2.45) is 4.99 Å². The van der Waals surface area contributed by atoms with Gasteiger partial charge in [-0.25, -0.2) is 9.79 Å². The lowest BCUT2D eigenvalue weighted by molar-refractivity contribution is -0.139. The monoisotopic (exact) mass is 581 g/mol. The van der Waals surface area contributed by atoms with Gasteiger partial charge in [0.25, 0.3) is 11.5 Å². The molecule has 1 fully saturated rings. The van der Waals surface area contributed by atoms with Gasteiger partial charge in [-0.3, -0.25) is 14.2 Å². The minimum Gasteiger partial charge on any atom is -0.490 e. The Hall–Kier alpha value is -3.70. The van der Waals surface area contributed by atoms with E-state index in [1.807, 2.05) is 35.4 Å². The number of carbonyl (C=O) groups excluding carboxylic acids is 2. The van der Waals surface area contributed by atoms with Crippen molar-refractivity contribution < 1.29 is 23.8 Å². The lowest BCUT2D eigenvalue weighted by atomic mass is 10.0. The van der Waals surface area contributed by atoms with Crippen LogP contribution in [0.4, 0.5) is 0 Å². The SMILES string of the molecule is CCOC(=O)C1=C(C)N=c2s/c(=C/c3ccc(OCC(=O)N4CCCC4)c(OCC)c3)c(=O)n2[C@H]1c1cccs1. The van der Waals surface area contributed by atoms with Crippen LogP contribution in [0.2, 0.25) is 0 Å². The number of carbonyl (C=O) groups is 2. The molecule has 5 rings (SSSR count). The number of aromatic nitrogens is 1. The zero-order valence-electron chi connectivity index (χ0n) is 22.7. The minimum atomic E-state index is -0.611. The van der Waals surface area contributed by atoms with Crippen LogP contribution < -0.4 is 24.4 Å². The molecule has 2 aliphatic heterocycles. The summed E-state index contributed by atoms with van der Waals surface area (Å²) in [5.41, 5.74) is 1.40. The van der Waals surface area contributed by atoms with Gasteiger partial charge in [-0.1, -0.05) is 23.5 Å². The molecule has 0 saturated carbocycles. The van der Waals surface area contributed by atoms with Crippen LogP contribution in [0.25, 0.3) is 6.08 Å². The lowest BCUT2D eigenvalue weighted by Gasteiger charge is -2.23. The van der Waals surface area contributed by atoms with E-state index in [0.29, 0.717) is 38.7 Å². The molecular formula is C29H31N3O6S2. The maximum absolute atomic E-state index is 13.8. The lowest BCUT2D eigenvalue weighted by Crippen LogP contribution is -2.39. The molecule has 0 bridgehead atoms. The van der Waals surface area contributed by atoms with Gasteiger partial charge in [0.15, 0.2) is 22.9 Å². The Balaban J connectivity index is 1.49. The number of likely N-dealkylation sites (tertiary alicyclic amines) is 1. The second-order valence-corrected chi connectivity index (χ2v) is 11.3. The quantitative estimate of drug-likeness (QED) is 0.360. The minimum absolute atomic E-state index is 0.0390. The summed E-state index contributed by atoms with van der Waals surface area (Å²) in [6.45, 7) is 7.52. The normalized spacial score (nSPS) is 17.0. The number of ether oxygens (including phenoxy) is 3. The van der Waals surface area contributed by atoms with Crippen LogP contribution in [0.3, 0.4) is 0 Å². The molecule has 4 heterocycles. The Labute approximate surface area is 239 Å². The molecule has 210 valence electrons. The number of fused-ring (bicyclic) bond motifs is 1. The topological polar surface area (TPSA) is 99.4 Å². The second-order valence-electron chi connectivity index (χ2n) is 9.33. The largest absolute Gasteiger partial charge is 0.490 e. The van der Waals surface area contributed by atoms with Gasteiger partial charge >= 0.3 is 5.97 Å². The van der Waals surface area contributed by atoms with Crippen LogP contribution >= 0.6 is 22.7 Å². The van der Waals surface area contributed by atoms with Crippen molar-refractivity contribution in [2.75, 3.05) is 32.9 Å². The first-order valence-corrected chi connectivity index (χ1v) is 15.0. The number of benzene rings is 1. The van der Waals surface area contributed by atoms with E-state index < -0.39 is 12.0 Å². The van der Waals surface area contributed by atoms with Crippen molar-refractivity contribution >= 4 is 40.6 Å². The molecule has 0 N–H and O–H groups in total. The second kappa shape index (κ2) is 12.2. The maximum Gasteiger partial charge on any atom is 0.338 e. The first kappa shape index (κ1) is 27.9. The van der Waals surface area contributed by atoms with Crippen LogP contribution in [0.5, 0.6) is 11.5 Å². The van der Waals surface area contributed by atoms with Gasteiger partial charge in [0.2, 0.25) is 0 Å². The van der Waals surface area contributed by atoms with Crippen molar-refractivity contribution in [1.29, 1.82) is 0 Å². The predicted molar refractivity (Wildman–Crippen MR) is 154 cm³/mol. The highest BCUT2D eigenvalue weighted by atomic mass is 32.1. The van der Waals surface area contributed by atoms with Crippen molar-refractivity contribution in [1.82, 2.24) is 9.47 Å². The fourth-order valence-electron chi connectivity index (χ4n) is 4.86. The Morgan fingerprint density at radius 3 is 2.60 bits per heavy atom. The summed E-state index contributed by atoms with van der Waals surface area (Å²) in [6.07, 6.45) is 3.82. The number of nitrogens with zero attached hydrogens (tertiary/aromatic N) is 3. The van der Waals surface area contributed by atoms with E-state index in [2.05, 4.69) is 4.99 Å². The average molecular weight is 582 g/mol. The van der Waals surface area contributed by atoms with E-state index in [0.717, 1.165) is 36.4 Å². The highest BCUT2D eigenvalue weighted by Crippen LogP contribution is 2.33. The van der Waals surface area contributed by atoms with E-state index in [9.17, 15) is 14.4 Å². The van der Waals surface area contributed by atoms with Gasteiger partial charge in [0, 0.05) is 18.0 Å². The summed E-state index contributed by atoms with van der Waals surface area (Å²) < 4.78 is 19.0. The van der Waals surface area contributed by atoms with Gasteiger partial charge in [0.1, 0.15) is 6.04 Å². The number of hydrogen-bond acceptors (Lipinski definition) is 9. The third-order valence-electron chi connectivity index (χ3n) is 6.70.